The average molecular weight is 283 g/mol. The maximum atomic E-state index is 12.6. The molecule has 0 aromatic carbocycles. The van der Waals surface area contributed by atoms with E-state index >= 15 is 0 Å². The van der Waals surface area contributed by atoms with Gasteiger partial charge in [0.1, 0.15) is 6.61 Å². The second-order valence-electron chi connectivity index (χ2n) is 4.44. The first-order chi connectivity index (χ1) is 8.72. The summed E-state index contributed by atoms with van der Waals surface area (Å²) in [6.45, 7) is 0.268. The van der Waals surface area contributed by atoms with Gasteiger partial charge in [-0.05, 0) is 13.0 Å². The molecule has 1 aromatic heterocycles. The molecule has 19 heavy (non-hydrogen) atoms. The summed E-state index contributed by atoms with van der Waals surface area (Å²) in [7, 11) is 1.74. The highest BCUT2D eigenvalue weighted by atomic mass is 19.3. The molecule has 4 nitrogen and oxygen atoms in total. The van der Waals surface area contributed by atoms with Crippen molar-refractivity contribution in [3.63, 3.8) is 0 Å². The van der Waals surface area contributed by atoms with Gasteiger partial charge in [0.05, 0.1) is 12.3 Å². The van der Waals surface area contributed by atoms with Crippen molar-refractivity contribution in [2.75, 3.05) is 13.2 Å². The lowest BCUT2D eigenvalue weighted by Gasteiger charge is -2.17. The Morgan fingerprint density at radius 1 is 1.47 bits per heavy atom. The van der Waals surface area contributed by atoms with Crippen molar-refractivity contribution in [3.8, 4) is 0 Å². The highest BCUT2D eigenvalue weighted by molar-refractivity contribution is 5.09. The molecule has 1 aromatic rings. The first-order valence-electron chi connectivity index (χ1n) is 5.71. The van der Waals surface area contributed by atoms with E-state index in [-0.39, 0.29) is 6.61 Å². The Kier molecular flexibility index (Phi) is 5.30. The first-order valence-corrected chi connectivity index (χ1v) is 5.71. The van der Waals surface area contributed by atoms with E-state index in [1.807, 2.05) is 13.0 Å². The molecule has 0 spiro atoms. The largest absolute Gasteiger partial charge is 0.373 e. The van der Waals surface area contributed by atoms with Gasteiger partial charge in [-0.2, -0.15) is 13.9 Å². The molecule has 0 aliphatic heterocycles. The Hall–Kier alpha value is -1.15. The molecule has 0 amide bonds. The third-order valence-corrected chi connectivity index (χ3v) is 2.52. The Bertz CT molecular complexity index is 409. The molecule has 1 atom stereocenters. The van der Waals surface area contributed by atoms with Gasteiger partial charge in [-0.25, -0.2) is 8.78 Å². The number of ether oxygens (including phenoxy) is 1. The molecular formula is C11H17F4N3O. The standard InChI is InChI=1S/C11H17F4N3O/c1-7-3-9(18(2)17-7)4-8(16)5-19-6-11(14,15)10(12)13/h3,8,10H,4-6,16H2,1-2H3. The number of hydrogen-bond donors (Lipinski definition) is 1. The Labute approximate surface area is 108 Å². The Morgan fingerprint density at radius 3 is 2.58 bits per heavy atom. The van der Waals surface area contributed by atoms with Gasteiger partial charge < -0.3 is 10.5 Å². The van der Waals surface area contributed by atoms with Gasteiger partial charge in [0.2, 0.25) is 0 Å². The van der Waals surface area contributed by atoms with Crippen LogP contribution in [-0.2, 0) is 18.2 Å². The molecule has 1 rings (SSSR count). The van der Waals surface area contributed by atoms with Crippen LogP contribution in [0.2, 0.25) is 0 Å². The molecule has 0 bridgehead atoms. The van der Waals surface area contributed by atoms with Crippen LogP contribution in [-0.4, -0.2) is 41.4 Å². The molecule has 1 unspecified atom stereocenters. The normalized spacial score (nSPS) is 14.1. The van der Waals surface area contributed by atoms with Gasteiger partial charge in [0.15, 0.2) is 0 Å². The van der Waals surface area contributed by atoms with E-state index in [9.17, 15) is 17.6 Å². The Balaban J connectivity index is 2.36. The summed E-state index contributed by atoms with van der Waals surface area (Å²) < 4.78 is 55.0. The van der Waals surface area contributed by atoms with Crippen LogP contribution in [0.1, 0.15) is 11.4 Å². The first kappa shape index (κ1) is 15.9. The van der Waals surface area contributed by atoms with E-state index in [1.54, 1.807) is 11.7 Å². The Morgan fingerprint density at radius 2 is 2.11 bits per heavy atom. The number of aromatic nitrogens is 2. The van der Waals surface area contributed by atoms with Gasteiger partial charge in [0.25, 0.3) is 0 Å². The maximum absolute atomic E-state index is 12.6. The molecule has 0 saturated carbocycles. The van der Waals surface area contributed by atoms with E-state index in [4.69, 9.17) is 5.73 Å². The van der Waals surface area contributed by atoms with Crippen LogP contribution in [0.5, 0.6) is 0 Å². The number of hydrogen-bond acceptors (Lipinski definition) is 3. The van der Waals surface area contributed by atoms with Crippen molar-refractivity contribution in [1.82, 2.24) is 9.78 Å². The van der Waals surface area contributed by atoms with E-state index in [1.165, 1.54) is 0 Å². The van der Waals surface area contributed by atoms with Crippen molar-refractivity contribution < 1.29 is 22.3 Å². The van der Waals surface area contributed by atoms with Crippen LogP contribution < -0.4 is 5.73 Å². The number of rotatable bonds is 7. The van der Waals surface area contributed by atoms with Crippen molar-refractivity contribution in [1.29, 1.82) is 0 Å². The minimum atomic E-state index is -4.14. The highest BCUT2D eigenvalue weighted by Crippen LogP contribution is 2.22. The van der Waals surface area contributed by atoms with Crippen molar-refractivity contribution in [2.24, 2.45) is 12.8 Å². The monoisotopic (exact) mass is 283 g/mol. The van der Waals surface area contributed by atoms with Crippen LogP contribution in [0.25, 0.3) is 0 Å². The quantitative estimate of drug-likeness (QED) is 0.772. The summed E-state index contributed by atoms with van der Waals surface area (Å²) in [5, 5.41) is 4.11. The fourth-order valence-corrected chi connectivity index (χ4v) is 1.59. The van der Waals surface area contributed by atoms with Gasteiger partial charge in [0, 0.05) is 25.2 Å². The minimum absolute atomic E-state index is 0.216. The van der Waals surface area contributed by atoms with Crippen molar-refractivity contribution in [2.45, 2.75) is 31.7 Å². The lowest BCUT2D eigenvalue weighted by atomic mass is 10.2. The molecule has 0 aliphatic carbocycles. The number of alkyl halides is 4. The van der Waals surface area contributed by atoms with Crippen LogP contribution in [0.4, 0.5) is 17.6 Å². The summed E-state index contributed by atoms with van der Waals surface area (Å²) in [5.41, 5.74) is 7.33. The lowest BCUT2D eigenvalue weighted by Crippen LogP contribution is -2.36. The SMILES string of the molecule is Cc1cc(CC(N)COCC(F)(F)C(F)F)n(C)n1. The van der Waals surface area contributed by atoms with Crippen molar-refractivity contribution in [3.05, 3.63) is 17.5 Å². The van der Waals surface area contributed by atoms with E-state index in [0.29, 0.717) is 6.42 Å². The molecule has 1 heterocycles. The summed E-state index contributed by atoms with van der Waals surface area (Å²) in [6.07, 6.45) is -3.36. The van der Waals surface area contributed by atoms with E-state index < -0.39 is 25.0 Å². The molecule has 0 radical (unpaired) electrons. The zero-order chi connectivity index (χ0) is 14.6. The van der Waals surface area contributed by atoms with Gasteiger partial charge >= 0.3 is 12.3 Å². The fraction of sp³-hybridized carbons (Fsp3) is 0.727. The van der Waals surface area contributed by atoms with Crippen LogP contribution >= 0.6 is 0 Å². The lowest BCUT2D eigenvalue weighted by molar-refractivity contribution is -0.166. The van der Waals surface area contributed by atoms with E-state index in [2.05, 4.69) is 9.84 Å². The number of aryl methyl sites for hydroxylation is 2. The highest BCUT2D eigenvalue weighted by Gasteiger charge is 2.41. The van der Waals surface area contributed by atoms with Crippen molar-refractivity contribution >= 4 is 0 Å². The third-order valence-electron chi connectivity index (χ3n) is 2.52. The van der Waals surface area contributed by atoms with Crippen LogP contribution in [0.3, 0.4) is 0 Å². The van der Waals surface area contributed by atoms with E-state index in [0.717, 1.165) is 11.4 Å². The molecule has 0 aliphatic rings. The molecule has 0 fully saturated rings. The number of halogens is 4. The van der Waals surface area contributed by atoms with Gasteiger partial charge in [-0.1, -0.05) is 0 Å². The molecule has 8 heteroatoms. The zero-order valence-electron chi connectivity index (χ0n) is 10.7. The third kappa shape index (κ3) is 4.79. The summed E-state index contributed by atoms with van der Waals surface area (Å²) >= 11 is 0. The summed E-state index contributed by atoms with van der Waals surface area (Å²) in [5.74, 6) is -4.14. The average Bonchev–Trinajstić information content (AvgIpc) is 2.56. The molecule has 0 saturated heterocycles. The molecular weight excluding hydrogens is 266 g/mol. The second-order valence-corrected chi connectivity index (χ2v) is 4.44. The summed E-state index contributed by atoms with van der Waals surface area (Å²) in [6, 6.07) is 1.26. The predicted octanol–water partition coefficient (Wildman–Crippen LogP) is 1.52. The number of nitrogens with two attached hydrogens (primary N) is 1. The van der Waals surface area contributed by atoms with Gasteiger partial charge in [-0.15, -0.1) is 0 Å². The minimum Gasteiger partial charge on any atom is -0.373 e. The molecule has 2 N–H and O–H groups in total. The fourth-order valence-electron chi connectivity index (χ4n) is 1.59. The second kappa shape index (κ2) is 6.33. The predicted molar refractivity (Wildman–Crippen MR) is 61.4 cm³/mol. The van der Waals surface area contributed by atoms with Gasteiger partial charge in [-0.3, -0.25) is 4.68 Å². The maximum Gasteiger partial charge on any atom is 0.330 e. The van der Waals surface area contributed by atoms with Crippen LogP contribution in [0.15, 0.2) is 6.07 Å². The number of nitrogens with zero attached hydrogens (tertiary/aromatic N) is 2. The smallest absolute Gasteiger partial charge is 0.330 e. The summed E-state index contributed by atoms with van der Waals surface area (Å²) in [4.78, 5) is 0. The topological polar surface area (TPSA) is 53.1 Å². The molecule has 110 valence electrons. The van der Waals surface area contributed by atoms with Crippen LogP contribution in [0, 0.1) is 6.92 Å². The zero-order valence-corrected chi connectivity index (χ0v) is 10.7.